The molecule has 0 spiro atoms. The van der Waals surface area contributed by atoms with Crippen molar-refractivity contribution in [3.8, 4) is 11.5 Å². The normalized spacial score (nSPS) is 13.2. The fraction of sp³-hybridized carbons (Fsp3) is 0.333. The van der Waals surface area contributed by atoms with Gasteiger partial charge in [0.05, 0.1) is 19.9 Å². The molecule has 0 amide bonds. The molecular formula is C24H27ClN4O2. The van der Waals surface area contributed by atoms with Crippen molar-refractivity contribution in [2.75, 3.05) is 31.0 Å². The van der Waals surface area contributed by atoms with E-state index in [-0.39, 0.29) is 5.92 Å². The average molecular weight is 439 g/mol. The summed E-state index contributed by atoms with van der Waals surface area (Å²) in [6.45, 7) is 5.89. The second kappa shape index (κ2) is 9.02. The molecule has 1 aliphatic rings. The van der Waals surface area contributed by atoms with E-state index in [0.717, 1.165) is 48.2 Å². The van der Waals surface area contributed by atoms with Crippen LogP contribution in [0.3, 0.4) is 0 Å². The zero-order valence-corrected chi connectivity index (χ0v) is 19.0. The second-order valence-electron chi connectivity index (χ2n) is 7.91. The largest absolute Gasteiger partial charge is 0.493 e. The first-order chi connectivity index (χ1) is 15.0. The van der Waals surface area contributed by atoms with Crippen molar-refractivity contribution in [3.05, 3.63) is 64.3 Å². The SMILES string of the molecule is COc1cc2c(cc1OC)CN(c1cc(C(C)C)nc(Nc3cccc(Cl)c3)n1)CC2. The Morgan fingerprint density at radius 1 is 1.00 bits per heavy atom. The zero-order chi connectivity index (χ0) is 22.0. The molecule has 0 fully saturated rings. The van der Waals surface area contributed by atoms with Gasteiger partial charge in [-0.05, 0) is 53.8 Å². The van der Waals surface area contributed by atoms with E-state index in [2.05, 4.69) is 42.3 Å². The summed E-state index contributed by atoms with van der Waals surface area (Å²) in [6.07, 6.45) is 0.910. The van der Waals surface area contributed by atoms with Gasteiger partial charge in [-0.2, -0.15) is 4.98 Å². The van der Waals surface area contributed by atoms with Crippen molar-refractivity contribution in [2.45, 2.75) is 32.7 Å². The molecule has 3 aromatic rings. The Morgan fingerprint density at radius 3 is 2.42 bits per heavy atom. The van der Waals surface area contributed by atoms with E-state index >= 15 is 0 Å². The smallest absolute Gasteiger partial charge is 0.229 e. The lowest BCUT2D eigenvalue weighted by molar-refractivity contribution is 0.353. The molecule has 0 saturated carbocycles. The molecule has 1 N–H and O–H groups in total. The van der Waals surface area contributed by atoms with Crippen LogP contribution in [0.4, 0.5) is 17.5 Å². The molecule has 162 valence electrons. The first kappa shape index (κ1) is 21.2. The van der Waals surface area contributed by atoms with Crippen LogP contribution in [0.1, 0.15) is 36.6 Å². The number of aromatic nitrogens is 2. The van der Waals surface area contributed by atoms with E-state index in [1.165, 1.54) is 11.1 Å². The summed E-state index contributed by atoms with van der Waals surface area (Å²) < 4.78 is 11.0. The number of rotatable bonds is 6. The summed E-state index contributed by atoms with van der Waals surface area (Å²) in [5, 5.41) is 3.97. The van der Waals surface area contributed by atoms with Crippen LogP contribution < -0.4 is 19.7 Å². The van der Waals surface area contributed by atoms with Gasteiger partial charge < -0.3 is 19.7 Å². The lowest BCUT2D eigenvalue weighted by atomic mass is 9.98. The Morgan fingerprint density at radius 2 is 1.74 bits per heavy atom. The molecule has 0 radical (unpaired) electrons. The number of methoxy groups -OCH3 is 2. The molecule has 2 aromatic carbocycles. The molecule has 7 heteroatoms. The third kappa shape index (κ3) is 4.69. The zero-order valence-electron chi connectivity index (χ0n) is 18.3. The lowest BCUT2D eigenvalue weighted by Crippen LogP contribution is -2.31. The molecule has 0 atom stereocenters. The number of anilines is 3. The minimum atomic E-state index is 0.281. The summed E-state index contributed by atoms with van der Waals surface area (Å²) in [4.78, 5) is 11.8. The Bertz CT molecular complexity index is 1090. The predicted octanol–water partition coefficient (Wildman–Crippen LogP) is 5.58. The molecule has 2 heterocycles. The quantitative estimate of drug-likeness (QED) is 0.542. The molecule has 1 aromatic heterocycles. The summed E-state index contributed by atoms with van der Waals surface area (Å²) in [6, 6.07) is 13.8. The lowest BCUT2D eigenvalue weighted by Gasteiger charge is -2.31. The summed E-state index contributed by atoms with van der Waals surface area (Å²) >= 11 is 6.13. The van der Waals surface area contributed by atoms with E-state index in [1.807, 2.05) is 24.3 Å². The minimum absolute atomic E-state index is 0.281. The Kier molecular flexibility index (Phi) is 6.18. The van der Waals surface area contributed by atoms with Gasteiger partial charge in [0.25, 0.3) is 0 Å². The van der Waals surface area contributed by atoms with E-state index in [4.69, 9.17) is 31.0 Å². The second-order valence-corrected chi connectivity index (χ2v) is 8.35. The van der Waals surface area contributed by atoms with Crippen LogP contribution >= 0.6 is 11.6 Å². The van der Waals surface area contributed by atoms with Crippen molar-refractivity contribution in [1.82, 2.24) is 9.97 Å². The van der Waals surface area contributed by atoms with Gasteiger partial charge in [-0.15, -0.1) is 0 Å². The van der Waals surface area contributed by atoms with E-state index < -0.39 is 0 Å². The topological polar surface area (TPSA) is 59.5 Å². The van der Waals surface area contributed by atoms with Crippen LogP contribution in [0.25, 0.3) is 0 Å². The first-order valence-electron chi connectivity index (χ1n) is 10.4. The first-order valence-corrected chi connectivity index (χ1v) is 10.7. The van der Waals surface area contributed by atoms with Gasteiger partial charge in [0.2, 0.25) is 5.95 Å². The van der Waals surface area contributed by atoms with Crippen LogP contribution in [0.2, 0.25) is 5.02 Å². The highest BCUT2D eigenvalue weighted by molar-refractivity contribution is 6.30. The van der Waals surface area contributed by atoms with Crippen LogP contribution in [0.5, 0.6) is 11.5 Å². The molecule has 0 saturated heterocycles. The summed E-state index contributed by atoms with van der Waals surface area (Å²) in [7, 11) is 3.33. The highest BCUT2D eigenvalue weighted by atomic mass is 35.5. The maximum absolute atomic E-state index is 6.13. The predicted molar refractivity (Wildman–Crippen MR) is 125 cm³/mol. The van der Waals surface area contributed by atoms with Gasteiger partial charge in [0.15, 0.2) is 11.5 Å². The Hall–Kier alpha value is -2.99. The number of halogens is 1. The number of nitrogens with one attached hydrogen (secondary N) is 1. The third-order valence-electron chi connectivity index (χ3n) is 5.45. The minimum Gasteiger partial charge on any atom is -0.493 e. The highest BCUT2D eigenvalue weighted by Crippen LogP contribution is 2.34. The number of hydrogen-bond acceptors (Lipinski definition) is 6. The molecule has 0 aliphatic carbocycles. The Balaban J connectivity index is 1.65. The van der Waals surface area contributed by atoms with Gasteiger partial charge in [-0.1, -0.05) is 31.5 Å². The van der Waals surface area contributed by atoms with Crippen molar-refractivity contribution in [1.29, 1.82) is 0 Å². The number of fused-ring (bicyclic) bond motifs is 1. The fourth-order valence-electron chi connectivity index (χ4n) is 3.74. The number of hydrogen-bond donors (Lipinski definition) is 1. The highest BCUT2D eigenvalue weighted by Gasteiger charge is 2.22. The third-order valence-corrected chi connectivity index (χ3v) is 5.68. The molecule has 6 nitrogen and oxygen atoms in total. The van der Waals surface area contributed by atoms with Crippen LogP contribution in [0.15, 0.2) is 42.5 Å². The number of benzene rings is 2. The molecule has 4 rings (SSSR count). The van der Waals surface area contributed by atoms with Crippen molar-refractivity contribution >= 4 is 29.1 Å². The van der Waals surface area contributed by atoms with Crippen molar-refractivity contribution in [3.63, 3.8) is 0 Å². The van der Waals surface area contributed by atoms with Crippen LogP contribution in [-0.4, -0.2) is 30.7 Å². The van der Waals surface area contributed by atoms with Gasteiger partial charge in [0, 0.05) is 29.9 Å². The van der Waals surface area contributed by atoms with Crippen LogP contribution in [-0.2, 0) is 13.0 Å². The standard InChI is InChI=1S/C24H27ClN4O2/c1-15(2)20-13-23(28-24(27-20)26-19-7-5-6-18(25)12-19)29-9-8-16-10-21(30-3)22(31-4)11-17(16)14-29/h5-7,10-13,15H,8-9,14H2,1-4H3,(H,26,27,28). The molecule has 31 heavy (non-hydrogen) atoms. The fourth-order valence-corrected chi connectivity index (χ4v) is 3.93. The van der Waals surface area contributed by atoms with Gasteiger partial charge >= 0.3 is 0 Å². The molecule has 1 aliphatic heterocycles. The van der Waals surface area contributed by atoms with E-state index in [0.29, 0.717) is 11.0 Å². The average Bonchev–Trinajstić information content (AvgIpc) is 2.77. The van der Waals surface area contributed by atoms with Gasteiger partial charge in [-0.25, -0.2) is 4.98 Å². The van der Waals surface area contributed by atoms with Gasteiger partial charge in [0.1, 0.15) is 5.82 Å². The van der Waals surface area contributed by atoms with Crippen molar-refractivity contribution in [2.24, 2.45) is 0 Å². The number of nitrogens with zero attached hydrogens (tertiary/aromatic N) is 3. The summed E-state index contributed by atoms with van der Waals surface area (Å²) in [5.41, 5.74) is 4.36. The van der Waals surface area contributed by atoms with E-state index in [9.17, 15) is 0 Å². The molecule has 0 bridgehead atoms. The van der Waals surface area contributed by atoms with E-state index in [1.54, 1.807) is 14.2 Å². The van der Waals surface area contributed by atoms with Gasteiger partial charge in [-0.3, -0.25) is 0 Å². The molecular weight excluding hydrogens is 412 g/mol. The molecule has 0 unspecified atom stereocenters. The monoisotopic (exact) mass is 438 g/mol. The Labute approximate surface area is 188 Å². The maximum atomic E-state index is 6.13. The summed E-state index contributed by atoms with van der Waals surface area (Å²) in [5.74, 6) is 3.28. The maximum Gasteiger partial charge on any atom is 0.229 e. The van der Waals surface area contributed by atoms with Crippen molar-refractivity contribution < 1.29 is 9.47 Å². The van der Waals surface area contributed by atoms with Crippen LogP contribution in [0, 0.1) is 0 Å². The number of ether oxygens (including phenoxy) is 2.